The number of allylic oxidation sites excluding steroid dienone is 1. The summed E-state index contributed by atoms with van der Waals surface area (Å²) in [5.74, 6) is -3.63. The summed E-state index contributed by atoms with van der Waals surface area (Å²) in [4.78, 5) is 23.7. The number of alkyl halides is 6. The Kier molecular flexibility index (Phi) is 8.77. The molecule has 1 atom stereocenters. The molecule has 0 heterocycles. The first-order valence-electron chi connectivity index (χ1n) is 9.90. The summed E-state index contributed by atoms with van der Waals surface area (Å²) in [5.41, 5.74) is 1.50. The monoisotopic (exact) mass is 506 g/mol. The molecule has 2 aromatic carbocycles. The van der Waals surface area contributed by atoms with Crippen LogP contribution in [0, 0.1) is 13.8 Å². The van der Waals surface area contributed by atoms with E-state index < -0.39 is 43.2 Å². The quantitative estimate of drug-likeness (QED) is 0.472. The van der Waals surface area contributed by atoms with Crippen LogP contribution in [-0.2, 0) is 4.79 Å². The zero-order valence-electron chi connectivity index (χ0n) is 18.1. The molecule has 0 fully saturated rings. The maximum Gasteiger partial charge on any atom is 0.405 e. The average Bonchev–Trinajstić information content (AvgIpc) is 2.68. The third-order valence-corrected chi connectivity index (χ3v) is 4.87. The van der Waals surface area contributed by atoms with Gasteiger partial charge in [0.05, 0.1) is 12.5 Å². The maximum atomic E-state index is 13.6. The van der Waals surface area contributed by atoms with Gasteiger partial charge in [-0.3, -0.25) is 9.59 Å². The summed E-state index contributed by atoms with van der Waals surface area (Å²) in [6.45, 7) is 0.995. The number of carbonyl (C=O) groups excluding carboxylic acids is 2. The van der Waals surface area contributed by atoms with Gasteiger partial charge in [0.15, 0.2) is 0 Å². The van der Waals surface area contributed by atoms with Crippen LogP contribution in [-0.4, -0.2) is 37.3 Å². The first-order valence-corrected chi connectivity index (χ1v) is 10.3. The number of aryl methyl sites for hydroxylation is 2. The molecule has 4 nitrogen and oxygen atoms in total. The lowest BCUT2D eigenvalue weighted by molar-refractivity contribution is -0.139. The van der Waals surface area contributed by atoms with E-state index in [2.05, 4.69) is 5.32 Å². The molecule has 11 heteroatoms. The van der Waals surface area contributed by atoms with Crippen molar-refractivity contribution >= 4 is 29.5 Å². The largest absolute Gasteiger partial charge is 0.405 e. The number of nitrogens with one attached hydrogen (secondary N) is 2. The van der Waals surface area contributed by atoms with Gasteiger partial charge in [0.2, 0.25) is 5.91 Å². The van der Waals surface area contributed by atoms with Crippen molar-refractivity contribution in [2.24, 2.45) is 0 Å². The standard InChI is InChI=1S/C23H21ClF6N2O2/c1-13-7-16(10-17(24)8-13)19(23(28,29)30)6-4-15-3-5-18(14(2)9-15)21(34)31-11-20(33)32-12-22(25,26)27/h3-10,19H,11-12H2,1-2H3,(H,31,34)(H,32,33)/b6-4+. The Morgan fingerprint density at radius 2 is 1.68 bits per heavy atom. The Bertz CT molecular complexity index is 1060. The van der Waals surface area contributed by atoms with Crippen LogP contribution < -0.4 is 10.6 Å². The lowest BCUT2D eigenvalue weighted by atomic mass is 9.95. The van der Waals surface area contributed by atoms with Gasteiger partial charge in [-0.25, -0.2) is 0 Å². The predicted molar refractivity (Wildman–Crippen MR) is 117 cm³/mol. The first kappa shape index (κ1) is 27.2. The van der Waals surface area contributed by atoms with Crippen LogP contribution in [0.1, 0.15) is 38.5 Å². The van der Waals surface area contributed by atoms with Crippen molar-refractivity contribution in [3.63, 3.8) is 0 Å². The van der Waals surface area contributed by atoms with E-state index in [4.69, 9.17) is 11.6 Å². The third kappa shape index (κ3) is 8.40. The van der Waals surface area contributed by atoms with Gasteiger partial charge < -0.3 is 10.6 Å². The minimum atomic E-state index is -4.57. The third-order valence-electron chi connectivity index (χ3n) is 4.65. The van der Waals surface area contributed by atoms with Gasteiger partial charge in [0, 0.05) is 10.6 Å². The zero-order valence-corrected chi connectivity index (χ0v) is 18.8. The Balaban J connectivity index is 2.12. The van der Waals surface area contributed by atoms with Crippen molar-refractivity contribution in [1.82, 2.24) is 10.6 Å². The molecule has 2 aromatic rings. The van der Waals surface area contributed by atoms with E-state index in [1.807, 2.05) is 0 Å². The second-order valence-corrected chi connectivity index (χ2v) is 8.03. The predicted octanol–water partition coefficient (Wildman–Crippen LogP) is 5.72. The van der Waals surface area contributed by atoms with Gasteiger partial charge in [-0.15, -0.1) is 0 Å². The number of halogens is 7. The molecule has 184 valence electrons. The molecule has 0 bridgehead atoms. The van der Waals surface area contributed by atoms with Gasteiger partial charge in [0.25, 0.3) is 5.91 Å². The minimum Gasteiger partial charge on any atom is -0.345 e. The van der Waals surface area contributed by atoms with Crippen LogP contribution in [0.25, 0.3) is 6.08 Å². The molecule has 0 aliphatic heterocycles. The van der Waals surface area contributed by atoms with E-state index in [1.165, 1.54) is 43.3 Å². The second-order valence-electron chi connectivity index (χ2n) is 7.59. The van der Waals surface area contributed by atoms with Crippen LogP contribution in [0.2, 0.25) is 5.02 Å². The fourth-order valence-corrected chi connectivity index (χ4v) is 3.42. The Morgan fingerprint density at radius 1 is 1.00 bits per heavy atom. The van der Waals surface area contributed by atoms with E-state index in [1.54, 1.807) is 18.3 Å². The van der Waals surface area contributed by atoms with Gasteiger partial charge in [-0.05, 0) is 54.3 Å². The molecule has 34 heavy (non-hydrogen) atoms. The van der Waals surface area contributed by atoms with E-state index in [-0.39, 0.29) is 16.1 Å². The molecule has 0 aliphatic rings. The Labute approximate surface area is 197 Å². The van der Waals surface area contributed by atoms with Crippen LogP contribution in [0.4, 0.5) is 26.3 Å². The van der Waals surface area contributed by atoms with Crippen LogP contribution in [0.15, 0.2) is 42.5 Å². The average molecular weight is 507 g/mol. The van der Waals surface area contributed by atoms with Gasteiger partial charge >= 0.3 is 12.4 Å². The number of rotatable bonds is 7. The molecule has 0 aliphatic carbocycles. The summed E-state index contributed by atoms with van der Waals surface area (Å²) in [6.07, 6.45) is -6.87. The number of carbonyl (C=O) groups is 2. The Morgan fingerprint density at radius 3 is 2.24 bits per heavy atom. The molecular formula is C23H21ClF6N2O2. The highest BCUT2D eigenvalue weighted by Crippen LogP contribution is 2.37. The van der Waals surface area contributed by atoms with Crippen molar-refractivity contribution in [3.8, 4) is 0 Å². The number of hydrogen-bond donors (Lipinski definition) is 2. The fraction of sp³-hybridized carbons (Fsp3) is 0.304. The van der Waals surface area contributed by atoms with E-state index >= 15 is 0 Å². The topological polar surface area (TPSA) is 58.2 Å². The molecule has 0 saturated heterocycles. The van der Waals surface area contributed by atoms with Crippen molar-refractivity contribution in [3.05, 3.63) is 75.3 Å². The molecule has 0 aromatic heterocycles. The lowest BCUT2D eigenvalue weighted by Crippen LogP contribution is -2.41. The van der Waals surface area contributed by atoms with Crippen molar-refractivity contribution in [2.75, 3.05) is 13.1 Å². The number of amides is 2. The van der Waals surface area contributed by atoms with E-state index in [9.17, 15) is 35.9 Å². The van der Waals surface area contributed by atoms with E-state index in [0.717, 1.165) is 6.08 Å². The molecular weight excluding hydrogens is 486 g/mol. The summed E-state index contributed by atoms with van der Waals surface area (Å²) in [7, 11) is 0. The molecule has 0 saturated carbocycles. The molecule has 2 N–H and O–H groups in total. The molecule has 2 amide bonds. The van der Waals surface area contributed by atoms with Gasteiger partial charge in [0.1, 0.15) is 6.54 Å². The number of hydrogen-bond acceptors (Lipinski definition) is 2. The summed E-state index contributed by atoms with van der Waals surface area (Å²) in [6, 6.07) is 8.45. The van der Waals surface area contributed by atoms with Crippen LogP contribution >= 0.6 is 11.6 Å². The minimum absolute atomic E-state index is 0.00901. The zero-order chi connectivity index (χ0) is 25.7. The first-order chi connectivity index (χ1) is 15.7. The highest BCUT2D eigenvalue weighted by atomic mass is 35.5. The molecule has 0 spiro atoms. The van der Waals surface area contributed by atoms with Crippen LogP contribution in [0.3, 0.4) is 0 Å². The maximum absolute atomic E-state index is 13.6. The fourth-order valence-electron chi connectivity index (χ4n) is 3.12. The van der Waals surface area contributed by atoms with Crippen molar-refractivity contribution in [1.29, 1.82) is 0 Å². The van der Waals surface area contributed by atoms with Gasteiger partial charge in [-0.1, -0.05) is 42.0 Å². The van der Waals surface area contributed by atoms with E-state index in [0.29, 0.717) is 16.7 Å². The lowest BCUT2D eigenvalue weighted by Gasteiger charge is -2.18. The molecule has 2 rings (SSSR count). The summed E-state index contributed by atoms with van der Waals surface area (Å²) < 4.78 is 77.3. The second kappa shape index (κ2) is 10.9. The highest BCUT2D eigenvalue weighted by molar-refractivity contribution is 6.30. The normalized spacial score (nSPS) is 13.1. The molecule has 1 unspecified atom stereocenters. The van der Waals surface area contributed by atoms with Crippen molar-refractivity contribution in [2.45, 2.75) is 32.1 Å². The van der Waals surface area contributed by atoms with Crippen molar-refractivity contribution < 1.29 is 35.9 Å². The van der Waals surface area contributed by atoms with Gasteiger partial charge in [-0.2, -0.15) is 26.3 Å². The SMILES string of the molecule is Cc1cc(Cl)cc(C(/C=C/c2ccc(C(=O)NCC(=O)NCC(F)(F)F)c(C)c2)C(F)(F)F)c1. The van der Waals surface area contributed by atoms with Crippen LogP contribution in [0.5, 0.6) is 0 Å². The smallest absolute Gasteiger partial charge is 0.345 e. The summed E-state index contributed by atoms with van der Waals surface area (Å²) in [5, 5.41) is 4.02. The highest BCUT2D eigenvalue weighted by Gasteiger charge is 2.39. The Hall–Kier alpha value is -3.01. The summed E-state index contributed by atoms with van der Waals surface area (Å²) >= 11 is 5.91. The molecule has 0 radical (unpaired) electrons. The number of benzene rings is 2.